The maximum Gasteiger partial charge on any atom is 0.276 e. The van der Waals surface area contributed by atoms with Gasteiger partial charge in [0.05, 0.1) is 0 Å². The van der Waals surface area contributed by atoms with Gasteiger partial charge in [-0.25, -0.2) is 0 Å². The standard InChI is InChI=1S/C12H16N4O3/c1-6-3-10(18)11(16-15-6)12(19)14-9-4-8(5-9)13-7(2)17/h3,8-9H,4-5H2,1-2H3,(H,13,17)(H,14,19)(H,15,18). The van der Waals surface area contributed by atoms with Gasteiger partial charge < -0.3 is 10.6 Å². The second-order valence-corrected chi connectivity index (χ2v) is 4.80. The number of rotatable bonds is 3. The Bertz CT molecular complexity index is 560. The fourth-order valence-corrected chi connectivity index (χ4v) is 2.05. The third kappa shape index (κ3) is 3.18. The van der Waals surface area contributed by atoms with Gasteiger partial charge in [0.1, 0.15) is 0 Å². The first-order chi connectivity index (χ1) is 8.95. The van der Waals surface area contributed by atoms with Crippen LogP contribution in [-0.2, 0) is 4.79 Å². The second-order valence-electron chi connectivity index (χ2n) is 4.80. The number of carbonyl (C=O) groups is 2. The van der Waals surface area contributed by atoms with Crippen LogP contribution < -0.4 is 16.1 Å². The van der Waals surface area contributed by atoms with Crippen molar-refractivity contribution in [1.29, 1.82) is 0 Å². The number of aryl methyl sites for hydroxylation is 1. The first-order valence-corrected chi connectivity index (χ1v) is 6.10. The number of hydrogen-bond acceptors (Lipinski definition) is 4. The predicted octanol–water partition coefficient (Wildman–Crippen LogP) is -0.525. The molecule has 0 radical (unpaired) electrons. The molecular formula is C12H16N4O3. The Kier molecular flexibility index (Phi) is 3.64. The molecule has 0 aromatic carbocycles. The molecule has 3 N–H and O–H groups in total. The highest BCUT2D eigenvalue weighted by Crippen LogP contribution is 2.19. The van der Waals surface area contributed by atoms with E-state index in [0.717, 1.165) is 0 Å². The minimum atomic E-state index is -0.479. The maximum atomic E-state index is 11.8. The molecule has 2 rings (SSSR count). The van der Waals surface area contributed by atoms with Crippen LogP contribution in [0.15, 0.2) is 10.9 Å². The zero-order valence-corrected chi connectivity index (χ0v) is 10.8. The van der Waals surface area contributed by atoms with Gasteiger partial charge in [0.2, 0.25) is 11.3 Å². The molecule has 0 unspecified atom stereocenters. The second kappa shape index (κ2) is 5.21. The summed E-state index contributed by atoms with van der Waals surface area (Å²) in [6.45, 7) is 3.15. The summed E-state index contributed by atoms with van der Waals surface area (Å²) in [4.78, 5) is 34.2. The summed E-state index contributed by atoms with van der Waals surface area (Å²) in [5, 5.41) is 11.8. The van der Waals surface area contributed by atoms with Gasteiger partial charge in [-0.1, -0.05) is 0 Å². The molecule has 0 atom stereocenters. The average molecular weight is 264 g/mol. The monoisotopic (exact) mass is 264 g/mol. The molecule has 2 amide bonds. The molecule has 1 aromatic rings. The van der Waals surface area contributed by atoms with Gasteiger partial charge >= 0.3 is 0 Å². The van der Waals surface area contributed by atoms with E-state index in [2.05, 4.69) is 20.8 Å². The van der Waals surface area contributed by atoms with Crippen LogP contribution in [0.25, 0.3) is 0 Å². The van der Waals surface area contributed by atoms with Crippen molar-refractivity contribution in [3.8, 4) is 0 Å². The van der Waals surface area contributed by atoms with Gasteiger partial charge in [-0.3, -0.25) is 19.5 Å². The zero-order chi connectivity index (χ0) is 14.0. The van der Waals surface area contributed by atoms with Gasteiger partial charge in [0.15, 0.2) is 5.69 Å². The van der Waals surface area contributed by atoms with E-state index in [1.165, 1.54) is 13.0 Å². The van der Waals surface area contributed by atoms with E-state index in [9.17, 15) is 14.4 Å². The van der Waals surface area contributed by atoms with Crippen LogP contribution in [0.1, 0.15) is 35.9 Å². The molecule has 1 saturated carbocycles. The highest BCUT2D eigenvalue weighted by atomic mass is 16.2. The summed E-state index contributed by atoms with van der Waals surface area (Å²) in [7, 11) is 0. The molecule has 1 aliphatic carbocycles. The van der Waals surface area contributed by atoms with Gasteiger partial charge in [0, 0.05) is 30.8 Å². The molecule has 19 heavy (non-hydrogen) atoms. The fourth-order valence-electron chi connectivity index (χ4n) is 2.05. The van der Waals surface area contributed by atoms with Crippen molar-refractivity contribution in [2.45, 2.75) is 38.8 Å². The fraction of sp³-hybridized carbons (Fsp3) is 0.500. The van der Waals surface area contributed by atoms with E-state index < -0.39 is 11.3 Å². The molecule has 0 aliphatic heterocycles. The van der Waals surface area contributed by atoms with Gasteiger partial charge in [-0.2, -0.15) is 5.10 Å². The van der Waals surface area contributed by atoms with Crippen molar-refractivity contribution >= 4 is 11.8 Å². The van der Waals surface area contributed by atoms with Crippen molar-refractivity contribution < 1.29 is 9.59 Å². The molecule has 7 nitrogen and oxygen atoms in total. The number of nitrogens with one attached hydrogen (secondary N) is 3. The Morgan fingerprint density at radius 3 is 2.53 bits per heavy atom. The SMILES string of the molecule is CC(=O)NC1CC(NC(=O)c2n[nH]c(C)cc2=O)C1. The molecule has 0 bridgehead atoms. The number of aromatic nitrogens is 2. The molecule has 7 heteroatoms. The molecular weight excluding hydrogens is 248 g/mol. The lowest BCUT2D eigenvalue weighted by Gasteiger charge is -2.35. The topological polar surface area (TPSA) is 104 Å². The Labute approximate surface area is 109 Å². The first-order valence-electron chi connectivity index (χ1n) is 6.10. The summed E-state index contributed by atoms with van der Waals surface area (Å²) in [5.74, 6) is -0.557. The van der Waals surface area contributed by atoms with E-state index in [-0.39, 0.29) is 23.7 Å². The van der Waals surface area contributed by atoms with Gasteiger partial charge in [0.25, 0.3) is 5.91 Å². The Morgan fingerprint density at radius 1 is 1.32 bits per heavy atom. The molecule has 1 heterocycles. The first kappa shape index (κ1) is 13.3. The number of nitrogens with zero attached hydrogens (tertiary/aromatic N) is 1. The predicted molar refractivity (Wildman–Crippen MR) is 67.7 cm³/mol. The highest BCUT2D eigenvalue weighted by molar-refractivity contribution is 5.92. The Hall–Kier alpha value is -2.18. The summed E-state index contributed by atoms with van der Waals surface area (Å²) in [6, 6.07) is 1.42. The van der Waals surface area contributed by atoms with Crippen LogP contribution in [-0.4, -0.2) is 34.1 Å². The van der Waals surface area contributed by atoms with E-state index >= 15 is 0 Å². The molecule has 0 spiro atoms. The van der Waals surface area contributed by atoms with Crippen LogP contribution >= 0.6 is 0 Å². The summed E-state index contributed by atoms with van der Waals surface area (Å²) in [6.07, 6.45) is 1.35. The summed E-state index contributed by atoms with van der Waals surface area (Å²) < 4.78 is 0. The van der Waals surface area contributed by atoms with E-state index in [1.807, 2.05) is 0 Å². The van der Waals surface area contributed by atoms with Crippen LogP contribution in [0.2, 0.25) is 0 Å². The van der Waals surface area contributed by atoms with E-state index in [1.54, 1.807) is 6.92 Å². The highest BCUT2D eigenvalue weighted by Gasteiger charge is 2.31. The minimum absolute atomic E-state index is 0.0214. The minimum Gasteiger partial charge on any atom is -0.353 e. The number of H-pyrrole nitrogens is 1. The van der Waals surface area contributed by atoms with Crippen LogP contribution in [0.4, 0.5) is 0 Å². The molecule has 1 aromatic heterocycles. The smallest absolute Gasteiger partial charge is 0.276 e. The van der Waals surface area contributed by atoms with Crippen molar-refractivity contribution in [2.75, 3.05) is 0 Å². The third-order valence-electron chi connectivity index (χ3n) is 3.02. The maximum absolute atomic E-state index is 11.8. The number of carbonyl (C=O) groups excluding carboxylic acids is 2. The van der Waals surface area contributed by atoms with Crippen LogP contribution in [0, 0.1) is 6.92 Å². The van der Waals surface area contributed by atoms with Crippen molar-refractivity contribution in [2.24, 2.45) is 0 Å². The Morgan fingerprint density at radius 2 is 1.95 bits per heavy atom. The lowest BCUT2D eigenvalue weighted by atomic mass is 9.86. The zero-order valence-electron chi connectivity index (χ0n) is 10.8. The molecule has 0 saturated heterocycles. The number of hydrogen-bond donors (Lipinski definition) is 3. The third-order valence-corrected chi connectivity index (χ3v) is 3.02. The van der Waals surface area contributed by atoms with Crippen molar-refractivity contribution in [3.63, 3.8) is 0 Å². The summed E-state index contributed by atoms with van der Waals surface area (Å²) >= 11 is 0. The summed E-state index contributed by atoms with van der Waals surface area (Å²) in [5.41, 5.74) is 0.0796. The molecule has 1 fully saturated rings. The quantitative estimate of drug-likeness (QED) is 0.683. The van der Waals surface area contributed by atoms with Crippen molar-refractivity contribution in [1.82, 2.24) is 20.8 Å². The van der Waals surface area contributed by atoms with Gasteiger partial charge in [-0.05, 0) is 19.8 Å². The van der Waals surface area contributed by atoms with Crippen LogP contribution in [0.3, 0.4) is 0 Å². The molecule has 102 valence electrons. The number of aromatic amines is 1. The molecule has 1 aliphatic rings. The largest absolute Gasteiger partial charge is 0.353 e. The lowest BCUT2D eigenvalue weighted by Crippen LogP contribution is -2.53. The van der Waals surface area contributed by atoms with Crippen LogP contribution in [0.5, 0.6) is 0 Å². The normalized spacial score (nSPS) is 21.4. The van der Waals surface area contributed by atoms with E-state index in [0.29, 0.717) is 18.5 Å². The van der Waals surface area contributed by atoms with E-state index in [4.69, 9.17) is 0 Å². The number of amides is 2. The average Bonchev–Trinajstić information content (AvgIpc) is 2.25. The lowest BCUT2D eigenvalue weighted by molar-refractivity contribution is -0.120. The van der Waals surface area contributed by atoms with Crippen molar-refractivity contribution in [3.05, 3.63) is 27.7 Å². The van der Waals surface area contributed by atoms with Gasteiger partial charge in [-0.15, -0.1) is 0 Å². The Balaban J connectivity index is 1.89.